The molecule has 0 heterocycles. The maximum absolute atomic E-state index is 5.88. The summed E-state index contributed by atoms with van der Waals surface area (Å²) in [6.45, 7) is 9.07. The molecule has 0 aliphatic carbocycles. The molecule has 1 rings (SSSR count). The summed E-state index contributed by atoms with van der Waals surface area (Å²) < 4.78 is 5.69. The predicted molar refractivity (Wildman–Crippen MR) is 82.3 cm³/mol. The van der Waals surface area contributed by atoms with Gasteiger partial charge < -0.3 is 10.5 Å². The van der Waals surface area contributed by atoms with Crippen molar-refractivity contribution in [3.8, 4) is 0 Å². The number of rotatable bonds is 9. The van der Waals surface area contributed by atoms with Crippen LogP contribution in [0.2, 0.25) is 0 Å². The number of hydrogen-bond acceptors (Lipinski definition) is 2. The Hall–Kier alpha value is -0.860. The van der Waals surface area contributed by atoms with E-state index in [1.165, 1.54) is 11.1 Å². The normalized spacial score (nSPS) is 12.9. The fraction of sp³-hybridized carbons (Fsp3) is 0.647. The molecule has 0 amide bonds. The first kappa shape index (κ1) is 16.2. The molecule has 0 aliphatic heterocycles. The minimum atomic E-state index is 0.528. The Labute approximate surface area is 118 Å². The fourth-order valence-electron chi connectivity index (χ4n) is 2.12. The molecule has 108 valence electrons. The predicted octanol–water partition coefficient (Wildman–Crippen LogP) is 3.57. The Morgan fingerprint density at radius 3 is 2.42 bits per heavy atom. The highest BCUT2D eigenvalue weighted by atomic mass is 16.5. The van der Waals surface area contributed by atoms with Gasteiger partial charge in [-0.2, -0.15) is 0 Å². The molecule has 0 spiro atoms. The van der Waals surface area contributed by atoms with E-state index in [0.29, 0.717) is 5.92 Å². The van der Waals surface area contributed by atoms with Crippen molar-refractivity contribution in [1.29, 1.82) is 0 Å². The Morgan fingerprint density at radius 2 is 1.79 bits per heavy atom. The van der Waals surface area contributed by atoms with Crippen LogP contribution in [-0.4, -0.2) is 19.8 Å². The molecule has 0 saturated carbocycles. The van der Waals surface area contributed by atoms with Gasteiger partial charge in [0.1, 0.15) is 0 Å². The molecule has 2 nitrogen and oxygen atoms in total. The van der Waals surface area contributed by atoms with Crippen LogP contribution in [0.25, 0.3) is 0 Å². The summed E-state index contributed by atoms with van der Waals surface area (Å²) in [5.41, 5.74) is 8.66. The van der Waals surface area contributed by atoms with E-state index in [2.05, 4.69) is 45.0 Å². The van der Waals surface area contributed by atoms with Crippen LogP contribution in [0.3, 0.4) is 0 Å². The Balaban J connectivity index is 2.28. The number of nitrogens with two attached hydrogens (primary N) is 1. The van der Waals surface area contributed by atoms with Gasteiger partial charge >= 0.3 is 0 Å². The van der Waals surface area contributed by atoms with Gasteiger partial charge in [-0.1, -0.05) is 38.1 Å². The number of hydrogen-bond donors (Lipinski definition) is 1. The smallest absolute Gasteiger partial charge is 0.0469 e. The molecule has 1 aromatic rings. The molecular weight excluding hydrogens is 234 g/mol. The Morgan fingerprint density at radius 1 is 1.11 bits per heavy atom. The Kier molecular flexibility index (Phi) is 7.76. The molecule has 0 fully saturated rings. The van der Waals surface area contributed by atoms with Crippen LogP contribution >= 0.6 is 0 Å². The van der Waals surface area contributed by atoms with Crippen molar-refractivity contribution in [2.75, 3.05) is 19.8 Å². The zero-order valence-corrected chi connectivity index (χ0v) is 12.7. The van der Waals surface area contributed by atoms with E-state index >= 15 is 0 Å². The van der Waals surface area contributed by atoms with Crippen molar-refractivity contribution in [1.82, 2.24) is 0 Å². The topological polar surface area (TPSA) is 35.2 Å². The lowest BCUT2D eigenvalue weighted by atomic mass is 9.94. The van der Waals surface area contributed by atoms with E-state index in [9.17, 15) is 0 Å². The molecule has 0 aliphatic rings. The Bertz CT molecular complexity index is 349. The second kappa shape index (κ2) is 9.11. The van der Waals surface area contributed by atoms with E-state index in [4.69, 9.17) is 10.5 Å². The van der Waals surface area contributed by atoms with Gasteiger partial charge in [-0.05, 0) is 55.7 Å². The molecule has 1 atom stereocenters. The average Bonchev–Trinajstić information content (AvgIpc) is 2.39. The summed E-state index contributed by atoms with van der Waals surface area (Å²) in [6, 6.07) is 8.57. The van der Waals surface area contributed by atoms with Crippen LogP contribution in [0.4, 0.5) is 0 Å². The molecule has 2 N–H and O–H groups in total. The van der Waals surface area contributed by atoms with E-state index in [1.807, 2.05) is 0 Å². The highest BCUT2D eigenvalue weighted by molar-refractivity contribution is 5.25. The summed E-state index contributed by atoms with van der Waals surface area (Å²) in [7, 11) is 0. The zero-order chi connectivity index (χ0) is 14.1. The van der Waals surface area contributed by atoms with Crippen LogP contribution in [-0.2, 0) is 11.2 Å². The molecule has 0 aromatic heterocycles. The van der Waals surface area contributed by atoms with E-state index in [-0.39, 0.29) is 0 Å². The summed E-state index contributed by atoms with van der Waals surface area (Å²) in [4.78, 5) is 0. The lowest BCUT2D eigenvalue weighted by Crippen LogP contribution is -2.19. The monoisotopic (exact) mass is 263 g/mol. The van der Waals surface area contributed by atoms with Crippen molar-refractivity contribution in [2.24, 2.45) is 17.6 Å². The van der Waals surface area contributed by atoms with E-state index in [0.717, 1.165) is 44.9 Å². The summed E-state index contributed by atoms with van der Waals surface area (Å²) in [5.74, 6) is 1.25. The third-order valence-corrected chi connectivity index (χ3v) is 3.61. The van der Waals surface area contributed by atoms with Crippen LogP contribution in [0.15, 0.2) is 24.3 Å². The number of ether oxygens (including phenoxy) is 1. The second-order valence-electron chi connectivity index (χ2n) is 5.82. The minimum absolute atomic E-state index is 0.528. The number of aryl methyl sites for hydroxylation is 1. The van der Waals surface area contributed by atoms with Gasteiger partial charge in [0.15, 0.2) is 0 Å². The van der Waals surface area contributed by atoms with Gasteiger partial charge in [-0.15, -0.1) is 0 Å². The lowest BCUT2D eigenvalue weighted by molar-refractivity contribution is 0.111. The van der Waals surface area contributed by atoms with Crippen molar-refractivity contribution >= 4 is 0 Å². The zero-order valence-electron chi connectivity index (χ0n) is 12.7. The molecular formula is C17H29NO. The fourth-order valence-corrected chi connectivity index (χ4v) is 2.12. The molecule has 1 unspecified atom stereocenters. The first-order valence-electron chi connectivity index (χ1n) is 7.45. The van der Waals surface area contributed by atoms with Gasteiger partial charge in [0, 0.05) is 13.2 Å². The highest BCUT2D eigenvalue weighted by Crippen LogP contribution is 2.15. The van der Waals surface area contributed by atoms with Crippen molar-refractivity contribution in [2.45, 2.75) is 40.0 Å². The largest absolute Gasteiger partial charge is 0.381 e. The standard InChI is InChI=1S/C17H29NO/c1-14(2)8-10-19-11-9-16(13-18)12-17-7-5-4-6-15(17)3/h4-7,14,16H,8-13,18H2,1-3H3. The summed E-state index contributed by atoms with van der Waals surface area (Å²) in [5, 5.41) is 0. The van der Waals surface area contributed by atoms with Gasteiger partial charge in [-0.3, -0.25) is 0 Å². The lowest BCUT2D eigenvalue weighted by Gasteiger charge is -2.16. The first-order chi connectivity index (χ1) is 9.13. The van der Waals surface area contributed by atoms with E-state index in [1.54, 1.807) is 0 Å². The SMILES string of the molecule is Cc1ccccc1CC(CN)CCOCCC(C)C. The van der Waals surface area contributed by atoms with Crippen LogP contribution in [0, 0.1) is 18.8 Å². The molecule has 0 saturated heterocycles. The maximum atomic E-state index is 5.88. The minimum Gasteiger partial charge on any atom is -0.381 e. The number of benzene rings is 1. The van der Waals surface area contributed by atoms with Crippen LogP contribution in [0.1, 0.15) is 37.8 Å². The third-order valence-electron chi connectivity index (χ3n) is 3.61. The third kappa shape index (κ3) is 6.74. The van der Waals surface area contributed by atoms with Gasteiger partial charge in [0.25, 0.3) is 0 Å². The van der Waals surface area contributed by atoms with E-state index < -0.39 is 0 Å². The van der Waals surface area contributed by atoms with Gasteiger partial charge in [0.2, 0.25) is 0 Å². The van der Waals surface area contributed by atoms with Crippen molar-refractivity contribution in [3.05, 3.63) is 35.4 Å². The van der Waals surface area contributed by atoms with Gasteiger partial charge in [0.05, 0.1) is 0 Å². The average molecular weight is 263 g/mol. The quantitative estimate of drug-likeness (QED) is 0.691. The van der Waals surface area contributed by atoms with Gasteiger partial charge in [-0.25, -0.2) is 0 Å². The second-order valence-corrected chi connectivity index (χ2v) is 5.82. The first-order valence-corrected chi connectivity index (χ1v) is 7.45. The van der Waals surface area contributed by atoms with Crippen LogP contribution in [0.5, 0.6) is 0 Å². The molecule has 1 aromatic carbocycles. The van der Waals surface area contributed by atoms with Crippen LogP contribution < -0.4 is 5.73 Å². The molecule has 0 bridgehead atoms. The highest BCUT2D eigenvalue weighted by Gasteiger charge is 2.09. The molecule has 2 heteroatoms. The summed E-state index contributed by atoms with van der Waals surface area (Å²) in [6.07, 6.45) is 3.27. The van der Waals surface area contributed by atoms with Crippen molar-refractivity contribution < 1.29 is 4.74 Å². The van der Waals surface area contributed by atoms with Crippen molar-refractivity contribution in [3.63, 3.8) is 0 Å². The summed E-state index contributed by atoms with van der Waals surface area (Å²) >= 11 is 0. The maximum Gasteiger partial charge on any atom is 0.0469 e. The molecule has 19 heavy (non-hydrogen) atoms. The molecule has 0 radical (unpaired) electrons.